The van der Waals surface area contributed by atoms with Crippen LogP contribution in [0, 0.1) is 5.92 Å². The number of aryl methyl sites for hydroxylation is 2. The largest absolute Gasteiger partial charge is 0.369 e. The van der Waals surface area contributed by atoms with Gasteiger partial charge in [-0.25, -0.2) is 4.98 Å². The SMILES string of the molecule is Cn1ccnc1[C@@H]1OCC[C@H]1C(=O)N1CC=C(c2ccnn2C)CC1. The van der Waals surface area contributed by atoms with Crippen LogP contribution in [0.3, 0.4) is 0 Å². The van der Waals surface area contributed by atoms with Crippen LogP contribution in [0.5, 0.6) is 0 Å². The molecule has 0 unspecified atom stereocenters. The van der Waals surface area contributed by atoms with Gasteiger partial charge in [0.05, 0.1) is 11.6 Å². The van der Waals surface area contributed by atoms with E-state index >= 15 is 0 Å². The second-order valence-corrected chi connectivity index (χ2v) is 6.69. The van der Waals surface area contributed by atoms with Crippen LogP contribution in [0.15, 0.2) is 30.7 Å². The van der Waals surface area contributed by atoms with Gasteiger partial charge in [-0.05, 0) is 24.5 Å². The number of ether oxygens (including phenoxy) is 1. The number of imidazole rings is 1. The van der Waals surface area contributed by atoms with E-state index in [1.807, 2.05) is 40.5 Å². The zero-order valence-corrected chi connectivity index (χ0v) is 14.6. The normalized spacial score (nSPS) is 23.8. The zero-order valence-electron chi connectivity index (χ0n) is 14.6. The molecule has 2 atom stereocenters. The maximum Gasteiger partial charge on any atom is 0.229 e. The van der Waals surface area contributed by atoms with Crippen molar-refractivity contribution in [1.29, 1.82) is 0 Å². The molecule has 1 saturated heterocycles. The van der Waals surface area contributed by atoms with E-state index < -0.39 is 0 Å². The maximum atomic E-state index is 13.0. The van der Waals surface area contributed by atoms with Crippen molar-refractivity contribution < 1.29 is 9.53 Å². The lowest BCUT2D eigenvalue weighted by Crippen LogP contribution is -2.40. The molecule has 0 aliphatic carbocycles. The summed E-state index contributed by atoms with van der Waals surface area (Å²) < 4.78 is 9.66. The molecule has 0 N–H and O–H groups in total. The summed E-state index contributed by atoms with van der Waals surface area (Å²) in [5.41, 5.74) is 2.38. The third-order valence-corrected chi connectivity index (χ3v) is 5.19. The van der Waals surface area contributed by atoms with Crippen LogP contribution in [0.4, 0.5) is 0 Å². The second kappa shape index (κ2) is 6.48. The summed E-state index contributed by atoms with van der Waals surface area (Å²) in [6.45, 7) is 1.99. The first-order chi connectivity index (χ1) is 12.1. The highest BCUT2D eigenvalue weighted by Gasteiger charge is 2.39. The Morgan fingerprint density at radius 2 is 2.20 bits per heavy atom. The van der Waals surface area contributed by atoms with Gasteiger partial charge in [-0.15, -0.1) is 0 Å². The van der Waals surface area contributed by atoms with E-state index in [-0.39, 0.29) is 17.9 Å². The summed E-state index contributed by atoms with van der Waals surface area (Å²) in [6, 6.07) is 2.02. The lowest BCUT2D eigenvalue weighted by atomic mass is 9.97. The third kappa shape index (κ3) is 2.89. The number of amides is 1. The molecule has 4 heterocycles. The van der Waals surface area contributed by atoms with Crippen molar-refractivity contribution in [3.8, 4) is 0 Å². The van der Waals surface area contributed by atoms with Crippen molar-refractivity contribution >= 4 is 11.5 Å². The van der Waals surface area contributed by atoms with Gasteiger partial charge in [0.25, 0.3) is 0 Å². The Morgan fingerprint density at radius 3 is 2.84 bits per heavy atom. The molecule has 1 fully saturated rings. The monoisotopic (exact) mass is 341 g/mol. The fourth-order valence-electron chi connectivity index (χ4n) is 3.77. The lowest BCUT2D eigenvalue weighted by Gasteiger charge is -2.30. The number of aromatic nitrogens is 4. The Hall–Kier alpha value is -2.41. The van der Waals surface area contributed by atoms with Crippen molar-refractivity contribution in [1.82, 2.24) is 24.2 Å². The summed E-state index contributed by atoms with van der Waals surface area (Å²) >= 11 is 0. The predicted octanol–water partition coefficient (Wildman–Crippen LogP) is 1.55. The number of rotatable bonds is 3. The van der Waals surface area contributed by atoms with Crippen molar-refractivity contribution in [2.75, 3.05) is 19.7 Å². The molecule has 7 heteroatoms. The molecular weight excluding hydrogens is 318 g/mol. The van der Waals surface area contributed by atoms with E-state index in [0.29, 0.717) is 13.2 Å². The van der Waals surface area contributed by atoms with E-state index in [0.717, 1.165) is 30.9 Å². The zero-order chi connectivity index (χ0) is 17.4. The van der Waals surface area contributed by atoms with E-state index in [4.69, 9.17) is 4.74 Å². The molecule has 0 spiro atoms. The Balaban J connectivity index is 1.48. The smallest absolute Gasteiger partial charge is 0.229 e. The van der Waals surface area contributed by atoms with Crippen LogP contribution < -0.4 is 0 Å². The molecule has 132 valence electrons. The van der Waals surface area contributed by atoms with Gasteiger partial charge in [0, 0.05) is 52.4 Å². The Morgan fingerprint density at radius 1 is 1.32 bits per heavy atom. The molecule has 25 heavy (non-hydrogen) atoms. The fraction of sp³-hybridized carbons (Fsp3) is 0.500. The molecule has 0 saturated carbocycles. The van der Waals surface area contributed by atoms with E-state index in [1.54, 1.807) is 12.4 Å². The van der Waals surface area contributed by atoms with E-state index in [2.05, 4.69) is 16.2 Å². The number of carbonyl (C=O) groups excluding carboxylic acids is 1. The molecule has 2 aliphatic rings. The van der Waals surface area contributed by atoms with Gasteiger partial charge in [-0.2, -0.15) is 5.10 Å². The molecule has 2 aromatic heterocycles. The third-order valence-electron chi connectivity index (χ3n) is 5.19. The van der Waals surface area contributed by atoms with Gasteiger partial charge in [0.15, 0.2) is 0 Å². The number of hydrogen-bond donors (Lipinski definition) is 0. The van der Waals surface area contributed by atoms with Crippen LogP contribution in [0.25, 0.3) is 5.57 Å². The summed E-state index contributed by atoms with van der Waals surface area (Å²) in [5, 5.41) is 4.23. The molecular formula is C18H23N5O2. The van der Waals surface area contributed by atoms with Crippen molar-refractivity contribution in [2.45, 2.75) is 18.9 Å². The van der Waals surface area contributed by atoms with Gasteiger partial charge in [-0.1, -0.05) is 6.08 Å². The topological polar surface area (TPSA) is 65.2 Å². The first-order valence-electron chi connectivity index (χ1n) is 8.70. The lowest BCUT2D eigenvalue weighted by molar-refractivity contribution is -0.137. The first kappa shape index (κ1) is 16.1. The minimum absolute atomic E-state index is 0.146. The van der Waals surface area contributed by atoms with Crippen molar-refractivity contribution in [3.63, 3.8) is 0 Å². The van der Waals surface area contributed by atoms with Gasteiger partial charge in [0.2, 0.25) is 5.91 Å². The minimum atomic E-state index is -0.241. The molecule has 7 nitrogen and oxygen atoms in total. The minimum Gasteiger partial charge on any atom is -0.369 e. The summed E-state index contributed by atoms with van der Waals surface area (Å²) in [6.07, 6.45) is 8.96. The van der Waals surface area contributed by atoms with Crippen LogP contribution in [0.1, 0.15) is 30.5 Å². The average Bonchev–Trinajstić information content (AvgIpc) is 3.35. The van der Waals surface area contributed by atoms with Gasteiger partial charge < -0.3 is 14.2 Å². The number of hydrogen-bond acceptors (Lipinski definition) is 4. The molecule has 0 aromatic carbocycles. The molecule has 2 aromatic rings. The summed E-state index contributed by atoms with van der Waals surface area (Å²) in [5.74, 6) is 0.859. The number of nitrogens with zero attached hydrogens (tertiary/aromatic N) is 5. The molecule has 2 aliphatic heterocycles. The Labute approximate surface area is 146 Å². The van der Waals surface area contributed by atoms with Crippen LogP contribution >= 0.6 is 0 Å². The molecule has 1 amide bonds. The number of carbonyl (C=O) groups is 1. The highest BCUT2D eigenvalue weighted by atomic mass is 16.5. The van der Waals surface area contributed by atoms with Crippen LogP contribution in [-0.4, -0.2) is 49.8 Å². The van der Waals surface area contributed by atoms with Gasteiger partial charge in [-0.3, -0.25) is 9.48 Å². The van der Waals surface area contributed by atoms with E-state index in [1.165, 1.54) is 5.57 Å². The predicted molar refractivity (Wildman–Crippen MR) is 92.4 cm³/mol. The van der Waals surface area contributed by atoms with Crippen LogP contribution in [0.2, 0.25) is 0 Å². The summed E-state index contributed by atoms with van der Waals surface area (Å²) in [4.78, 5) is 19.4. The second-order valence-electron chi connectivity index (χ2n) is 6.69. The summed E-state index contributed by atoms with van der Waals surface area (Å²) in [7, 11) is 3.89. The maximum absolute atomic E-state index is 13.0. The standard InChI is InChI=1S/C18H23N5O2/c1-21-11-8-19-17(21)16-14(6-12-25-16)18(24)23-9-4-13(5-10-23)15-3-7-20-22(15)2/h3-4,7-8,11,14,16H,5-6,9-10,12H2,1-2H3/t14-,16-/m1/s1. The van der Waals surface area contributed by atoms with E-state index in [9.17, 15) is 4.79 Å². The van der Waals surface area contributed by atoms with Crippen LogP contribution in [-0.2, 0) is 23.6 Å². The Kier molecular flexibility index (Phi) is 4.17. The first-order valence-corrected chi connectivity index (χ1v) is 8.70. The fourth-order valence-corrected chi connectivity index (χ4v) is 3.77. The highest BCUT2D eigenvalue weighted by Crippen LogP contribution is 2.35. The highest BCUT2D eigenvalue weighted by molar-refractivity contribution is 5.81. The average molecular weight is 341 g/mol. The van der Waals surface area contributed by atoms with Gasteiger partial charge >= 0.3 is 0 Å². The van der Waals surface area contributed by atoms with Gasteiger partial charge in [0.1, 0.15) is 11.9 Å². The van der Waals surface area contributed by atoms with Crippen molar-refractivity contribution in [3.05, 3.63) is 42.3 Å². The molecule has 0 bridgehead atoms. The molecule has 4 rings (SSSR count). The quantitative estimate of drug-likeness (QED) is 0.850. The Bertz CT molecular complexity index is 806. The van der Waals surface area contributed by atoms with Crippen molar-refractivity contribution in [2.24, 2.45) is 20.0 Å². The molecule has 0 radical (unpaired) electrons.